The van der Waals surface area contributed by atoms with E-state index in [1.165, 1.54) is 19.1 Å². The highest BCUT2D eigenvalue weighted by Gasteiger charge is 2.53. The molecule has 2 N–H and O–H groups in total. The summed E-state index contributed by atoms with van der Waals surface area (Å²) >= 11 is 0. The lowest BCUT2D eigenvalue weighted by molar-refractivity contribution is -0.163. The van der Waals surface area contributed by atoms with Crippen LogP contribution in [0, 0.1) is 5.92 Å². The first-order chi connectivity index (χ1) is 9.16. The van der Waals surface area contributed by atoms with E-state index >= 15 is 0 Å². The van der Waals surface area contributed by atoms with Crippen LogP contribution in [0.15, 0.2) is 22.8 Å². The molecule has 8 heteroatoms. The van der Waals surface area contributed by atoms with Gasteiger partial charge in [-0.25, -0.2) is 13.2 Å². The van der Waals surface area contributed by atoms with Crippen LogP contribution in [0.3, 0.4) is 0 Å². The van der Waals surface area contributed by atoms with Gasteiger partial charge in [0.1, 0.15) is 5.70 Å². The summed E-state index contributed by atoms with van der Waals surface area (Å²) in [6.45, 7) is 1.45. The molecule has 0 aromatic heterocycles. The predicted octanol–water partition coefficient (Wildman–Crippen LogP) is -0.505. The van der Waals surface area contributed by atoms with Crippen molar-refractivity contribution in [3.8, 4) is 0 Å². The quantitative estimate of drug-likeness (QED) is 0.679. The number of amides is 1. The van der Waals surface area contributed by atoms with Gasteiger partial charge < -0.3 is 15.1 Å². The number of allylic oxidation sites excluding steroid dienone is 1. The van der Waals surface area contributed by atoms with Crippen LogP contribution < -0.4 is 0 Å². The van der Waals surface area contributed by atoms with E-state index in [-0.39, 0.29) is 4.91 Å². The number of β-lactam (4-membered cyclic amide) rings is 1. The van der Waals surface area contributed by atoms with Crippen molar-refractivity contribution in [2.24, 2.45) is 5.92 Å². The van der Waals surface area contributed by atoms with Crippen molar-refractivity contribution in [3.05, 3.63) is 22.8 Å². The first-order valence-corrected chi connectivity index (χ1v) is 7.90. The lowest BCUT2D eigenvalue weighted by Gasteiger charge is -2.47. The normalized spacial score (nSPS) is 27.8. The standard InChI is InChI=1S/C12H15NO6S/c1-6(14)9-7-4-3-5-8(20(2,18)19)10(12(16)17)13(7)11(9)15/h3,5-7,9,14H,4H2,1-2H3,(H,16,17)/t6-,7-,9-/m1/s1. The van der Waals surface area contributed by atoms with E-state index in [0.29, 0.717) is 6.42 Å². The molecule has 0 bridgehead atoms. The van der Waals surface area contributed by atoms with E-state index in [4.69, 9.17) is 0 Å². The molecule has 0 saturated carbocycles. The molecule has 0 aromatic carbocycles. The van der Waals surface area contributed by atoms with Crippen molar-refractivity contribution in [2.45, 2.75) is 25.5 Å². The molecule has 2 heterocycles. The molecule has 1 saturated heterocycles. The Hall–Kier alpha value is -1.67. The number of aliphatic hydroxyl groups excluding tert-OH is 1. The number of rotatable bonds is 3. The van der Waals surface area contributed by atoms with Crippen LogP contribution in [0.4, 0.5) is 0 Å². The number of carboxylic acids is 1. The van der Waals surface area contributed by atoms with Gasteiger partial charge >= 0.3 is 5.97 Å². The zero-order valence-corrected chi connectivity index (χ0v) is 11.8. The Bertz CT molecular complexity index is 630. The topological polar surface area (TPSA) is 112 Å². The fraction of sp³-hybridized carbons (Fsp3) is 0.500. The lowest BCUT2D eigenvalue weighted by atomic mass is 9.81. The fourth-order valence-electron chi connectivity index (χ4n) is 2.64. The van der Waals surface area contributed by atoms with Gasteiger partial charge in [-0.1, -0.05) is 6.08 Å². The number of carbonyl (C=O) groups excluding carboxylic acids is 1. The molecular formula is C12H15NO6S. The van der Waals surface area contributed by atoms with E-state index in [1.54, 1.807) is 0 Å². The molecule has 0 radical (unpaired) electrons. The van der Waals surface area contributed by atoms with E-state index in [2.05, 4.69) is 0 Å². The SMILES string of the molecule is C[C@@H](O)[C@H]1C(=O)N2C(C(=O)O)=C(S(C)(=O)=O)C=CC[C@H]12. The van der Waals surface area contributed by atoms with Crippen molar-refractivity contribution in [2.75, 3.05) is 6.26 Å². The molecule has 2 rings (SSSR count). The Balaban J connectivity index is 2.58. The van der Waals surface area contributed by atoms with E-state index in [1.807, 2.05) is 0 Å². The number of carbonyl (C=O) groups is 2. The summed E-state index contributed by atoms with van der Waals surface area (Å²) in [4.78, 5) is 24.0. The Labute approximate surface area is 116 Å². The Morgan fingerprint density at radius 3 is 2.55 bits per heavy atom. The van der Waals surface area contributed by atoms with Crippen LogP contribution in [-0.4, -0.2) is 53.8 Å². The minimum atomic E-state index is -3.77. The molecule has 1 amide bonds. The van der Waals surface area contributed by atoms with E-state index in [0.717, 1.165) is 11.2 Å². The third-order valence-electron chi connectivity index (χ3n) is 3.51. The van der Waals surface area contributed by atoms with Crippen molar-refractivity contribution < 1.29 is 28.2 Å². The second-order valence-corrected chi connectivity index (χ2v) is 6.95. The largest absolute Gasteiger partial charge is 0.477 e. The summed E-state index contributed by atoms with van der Waals surface area (Å²) < 4.78 is 23.4. The van der Waals surface area contributed by atoms with Crippen molar-refractivity contribution in [1.82, 2.24) is 4.90 Å². The molecule has 1 fully saturated rings. The number of aliphatic carboxylic acids is 1. The maximum Gasteiger partial charge on any atom is 0.353 e. The number of sulfone groups is 1. The van der Waals surface area contributed by atoms with Crippen LogP contribution in [-0.2, 0) is 19.4 Å². The van der Waals surface area contributed by atoms with Gasteiger partial charge in [0.15, 0.2) is 9.84 Å². The molecule has 0 unspecified atom stereocenters. The molecule has 2 aliphatic heterocycles. The second-order valence-electron chi connectivity index (χ2n) is 4.97. The Morgan fingerprint density at radius 1 is 1.50 bits per heavy atom. The number of hydrogen-bond acceptors (Lipinski definition) is 5. The highest BCUT2D eigenvalue weighted by molar-refractivity contribution is 7.94. The molecule has 3 atom stereocenters. The molecule has 20 heavy (non-hydrogen) atoms. The van der Waals surface area contributed by atoms with Gasteiger partial charge in [-0.05, 0) is 19.4 Å². The summed E-state index contributed by atoms with van der Waals surface area (Å²) in [6.07, 6.45) is 3.02. The van der Waals surface area contributed by atoms with E-state index in [9.17, 15) is 28.2 Å². The monoisotopic (exact) mass is 301 g/mol. The molecule has 0 aromatic rings. The summed E-state index contributed by atoms with van der Waals surface area (Å²) in [7, 11) is -3.77. The minimum Gasteiger partial charge on any atom is -0.477 e. The predicted molar refractivity (Wildman–Crippen MR) is 69.1 cm³/mol. The molecule has 110 valence electrons. The smallest absolute Gasteiger partial charge is 0.353 e. The lowest BCUT2D eigenvalue weighted by Crippen LogP contribution is -2.64. The maximum absolute atomic E-state index is 12.0. The Kier molecular flexibility index (Phi) is 3.47. The van der Waals surface area contributed by atoms with Crippen LogP contribution in [0.25, 0.3) is 0 Å². The average Bonchev–Trinajstić information content (AvgIpc) is 2.44. The third kappa shape index (κ3) is 2.14. The number of carboxylic acid groups (broad SMARTS) is 1. The van der Waals surface area contributed by atoms with Gasteiger partial charge in [0.2, 0.25) is 5.91 Å². The van der Waals surface area contributed by atoms with Gasteiger partial charge in [0.05, 0.1) is 23.0 Å². The summed E-state index contributed by atoms with van der Waals surface area (Å²) in [5.41, 5.74) is -0.534. The molecule has 0 aliphatic carbocycles. The number of hydrogen-bond donors (Lipinski definition) is 2. The van der Waals surface area contributed by atoms with Gasteiger partial charge in [0, 0.05) is 6.26 Å². The number of aliphatic hydroxyl groups is 1. The maximum atomic E-state index is 12.0. The van der Waals surface area contributed by atoms with Gasteiger partial charge in [0.25, 0.3) is 0 Å². The van der Waals surface area contributed by atoms with Gasteiger partial charge in [-0.15, -0.1) is 0 Å². The highest BCUT2D eigenvalue weighted by Crippen LogP contribution is 2.39. The summed E-state index contributed by atoms with van der Waals surface area (Å²) in [5, 5.41) is 18.8. The van der Waals surface area contributed by atoms with Crippen molar-refractivity contribution >= 4 is 21.7 Å². The molecule has 7 nitrogen and oxygen atoms in total. The zero-order valence-electron chi connectivity index (χ0n) is 11.0. The van der Waals surface area contributed by atoms with Crippen molar-refractivity contribution in [3.63, 3.8) is 0 Å². The average molecular weight is 301 g/mol. The second kappa shape index (κ2) is 4.71. The fourth-order valence-corrected chi connectivity index (χ4v) is 3.52. The third-order valence-corrected chi connectivity index (χ3v) is 4.64. The first-order valence-electron chi connectivity index (χ1n) is 6.01. The van der Waals surface area contributed by atoms with Gasteiger partial charge in [-0.2, -0.15) is 0 Å². The van der Waals surface area contributed by atoms with Crippen molar-refractivity contribution in [1.29, 1.82) is 0 Å². The zero-order chi connectivity index (χ0) is 15.2. The number of nitrogens with zero attached hydrogens (tertiary/aromatic N) is 1. The van der Waals surface area contributed by atoms with Crippen LogP contribution in [0.1, 0.15) is 13.3 Å². The first kappa shape index (κ1) is 14.7. The number of fused-ring (bicyclic) bond motifs is 1. The minimum absolute atomic E-state index is 0.303. The summed E-state index contributed by atoms with van der Waals surface area (Å²) in [6, 6.07) is -0.524. The molecular weight excluding hydrogens is 286 g/mol. The highest BCUT2D eigenvalue weighted by atomic mass is 32.2. The Morgan fingerprint density at radius 2 is 2.10 bits per heavy atom. The van der Waals surface area contributed by atoms with E-state index < -0.39 is 45.5 Å². The van der Waals surface area contributed by atoms with Crippen LogP contribution in [0.2, 0.25) is 0 Å². The molecule has 2 aliphatic rings. The van der Waals surface area contributed by atoms with Gasteiger partial charge in [-0.3, -0.25) is 4.79 Å². The molecule has 0 spiro atoms. The van der Waals surface area contributed by atoms with Crippen LogP contribution in [0.5, 0.6) is 0 Å². The van der Waals surface area contributed by atoms with Crippen LogP contribution >= 0.6 is 0 Å². The summed E-state index contributed by atoms with van der Waals surface area (Å²) in [5.74, 6) is -2.74.